The smallest absolute Gasteiger partial charge is 0.264 e. The summed E-state index contributed by atoms with van der Waals surface area (Å²) in [5, 5.41) is 0.343. The van der Waals surface area contributed by atoms with Crippen LogP contribution in [0.1, 0.15) is 10.4 Å². The Balaban J connectivity index is 2.45. The van der Waals surface area contributed by atoms with Gasteiger partial charge in [-0.05, 0) is 31.5 Å². The monoisotopic (exact) mass is 361 g/mol. The van der Waals surface area contributed by atoms with Gasteiger partial charge in [-0.3, -0.25) is 4.72 Å². The van der Waals surface area contributed by atoms with Crippen molar-refractivity contribution in [3.05, 3.63) is 33.2 Å². The summed E-state index contributed by atoms with van der Waals surface area (Å²) in [5.41, 5.74) is 6.72. The molecule has 5 nitrogen and oxygen atoms in total. The minimum atomic E-state index is -3.69. The predicted molar refractivity (Wildman–Crippen MR) is 81.0 cm³/mol. The van der Waals surface area contributed by atoms with Crippen molar-refractivity contribution >= 4 is 48.1 Å². The van der Waals surface area contributed by atoms with Crippen molar-refractivity contribution in [2.24, 2.45) is 0 Å². The topological polar surface area (TPSA) is 85.1 Å². The Morgan fingerprint density at radius 3 is 2.63 bits per heavy atom. The van der Waals surface area contributed by atoms with Crippen LogP contribution in [0.15, 0.2) is 27.7 Å². The van der Waals surface area contributed by atoms with E-state index in [4.69, 9.17) is 5.73 Å². The maximum Gasteiger partial charge on any atom is 0.264 e. The van der Waals surface area contributed by atoms with Crippen LogP contribution in [0.2, 0.25) is 0 Å². The minimum absolute atomic E-state index is 0.146. The molecule has 8 heteroatoms. The summed E-state index contributed by atoms with van der Waals surface area (Å²) in [7, 11) is -3.69. The normalized spacial score (nSPS) is 11.5. The molecule has 0 aliphatic heterocycles. The van der Waals surface area contributed by atoms with Gasteiger partial charge in [0.05, 0.1) is 4.90 Å². The fraction of sp³-hybridized carbons (Fsp3) is 0.182. The Hall–Kier alpha value is -1.12. The molecule has 0 spiro atoms. The van der Waals surface area contributed by atoms with Crippen LogP contribution in [0.25, 0.3) is 0 Å². The van der Waals surface area contributed by atoms with Crippen molar-refractivity contribution in [2.45, 2.75) is 18.7 Å². The van der Waals surface area contributed by atoms with E-state index in [0.717, 1.165) is 4.88 Å². The number of anilines is 2. The fourth-order valence-electron chi connectivity index (χ4n) is 1.53. The highest BCUT2D eigenvalue weighted by molar-refractivity contribution is 9.10. The number of benzene rings is 1. The number of nitrogens with two attached hydrogens (primary N) is 1. The molecule has 2 rings (SSSR count). The first kappa shape index (κ1) is 14.3. The Kier molecular flexibility index (Phi) is 3.84. The van der Waals surface area contributed by atoms with Crippen LogP contribution in [0, 0.1) is 13.8 Å². The van der Waals surface area contributed by atoms with Crippen LogP contribution in [0.4, 0.5) is 10.8 Å². The molecule has 0 atom stereocenters. The van der Waals surface area contributed by atoms with Gasteiger partial charge in [0.1, 0.15) is 0 Å². The van der Waals surface area contributed by atoms with Crippen LogP contribution in [0.5, 0.6) is 0 Å². The molecule has 3 N–H and O–H groups in total. The van der Waals surface area contributed by atoms with Crippen molar-refractivity contribution in [2.75, 3.05) is 10.5 Å². The fourth-order valence-corrected chi connectivity index (χ4v) is 4.36. The van der Waals surface area contributed by atoms with Crippen molar-refractivity contribution in [3.63, 3.8) is 0 Å². The number of aromatic nitrogens is 1. The first-order chi connectivity index (χ1) is 8.79. The van der Waals surface area contributed by atoms with E-state index in [-0.39, 0.29) is 4.90 Å². The maximum absolute atomic E-state index is 12.3. The van der Waals surface area contributed by atoms with E-state index >= 15 is 0 Å². The molecular weight excluding hydrogens is 350 g/mol. The van der Waals surface area contributed by atoms with Gasteiger partial charge in [-0.15, -0.1) is 11.3 Å². The molecule has 0 saturated heterocycles. The summed E-state index contributed by atoms with van der Waals surface area (Å²) in [6, 6.07) is 3.19. The first-order valence-electron chi connectivity index (χ1n) is 5.30. The van der Waals surface area contributed by atoms with Crippen molar-refractivity contribution in [3.8, 4) is 0 Å². The van der Waals surface area contributed by atoms with Crippen LogP contribution in [-0.4, -0.2) is 13.4 Å². The molecule has 0 aliphatic rings. The summed E-state index contributed by atoms with van der Waals surface area (Å²) in [4.78, 5) is 5.07. The molecule has 0 amide bonds. The minimum Gasteiger partial charge on any atom is -0.398 e. The zero-order valence-corrected chi connectivity index (χ0v) is 13.5. The van der Waals surface area contributed by atoms with Crippen molar-refractivity contribution < 1.29 is 8.42 Å². The summed E-state index contributed by atoms with van der Waals surface area (Å²) in [6.07, 6.45) is 1.62. The largest absolute Gasteiger partial charge is 0.398 e. The lowest BCUT2D eigenvalue weighted by Gasteiger charge is -2.10. The van der Waals surface area contributed by atoms with Gasteiger partial charge in [0.15, 0.2) is 5.13 Å². The molecule has 1 aromatic heterocycles. The maximum atomic E-state index is 12.3. The molecule has 0 unspecified atom stereocenters. The zero-order chi connectivity index (χ0) is 14.2. The van der Waals surface area contributed by atoms with Gasteiger partial charge in [-0.2, -0.15) is 0 Å². The lowest BCUT2D eigenvalue weighted by atomic mass is 10.2. The predicted octanol–water partition coefficient (Wildman–Crippen LogP) is 2.91. The van der Waals surface area contributed by atoms with Gasteiger partial charge in [0.25, 0.3) is 10.0 Å². The molecule has 0 fully saturated rings. The quantitative estimate of drug-likeness (QED) is 0.823. The van der Waals surface area contributed by atoms with E-state index in [2.05, 4.69) is 25.6 Å². The molecule has 0 saturated carbocycles. The molecular formula is C11H12BrN3O2S2. The third-order valence-corrected chi connectivity index (χ3v) is 5.38. The first-order valence-corrected chi connectivity index (χ1v) is 8.40. The van der Waals surface area contributed by atoms with Gasteiger partial charge < -0.3 is 5.73 Å². The number of nitrogens with one attached hydrogen (secondary N) is 1. The van der Waals surface area contributed by atoms with Gasteiger partial charge >= 0.3 is 0 Å². The van der Waals surface area contributed by atoms with E-state index in [9.17, 15) is 8.42 Å². The van der Waals surface area contributed by atoms with E-state index < -0.39 is 10.0 Å². The number of hydrogen-bond donors (Lipinski definition) is 2. The number of sulfonamides is 1. The average molecular weight is 362 g/mol. The lowest BCUT2D eigenvalue weighted by Crippen LogP contribution is -2.15. The second-order valence-electron chi connectivity index (χ2n) is 4.00. The van der Waals surface area contributed by atoms with Gasteiger partial charge in [0, 0.05) is 21.2 Å². The standard InChI is InChI=1S/C11H12BrN3O2S2/c1-6-5-14-11(18-6)15-19(16,17)10-4-8(12)3-9(13)7(10)2/h3-5H,13H2,1-2H3,(H,14,15). The number of nitrogen functional groups attached to an aromatic ring is 1. The summed E-state index contributed by atoms with van der Waals surface area (Å²) in [6.45, 7) is 3.53. The third kappa shape index (κ3) is 3.07. The number of hydrogen-bond acceptors (Lipinski definition) is 5. The molecule has 102 valence electrons. The van der Waals surface area contributed by atoms with Crippen LogP contribution in [0.3, 0.4) is 0 Å². The highest BCUT2D eigenvalue weighted by atomic mass is 79.9. The SMILES string of the molecule is Cc1cnc(NS(=O)(=O)c2cc(Br)cc(N)c2C)s1. The second kappa shape index (κ2) is 5.10. The molecule has 0 radical (unpaired) electrons. The van der Waals surface area contributed by atoms with Crippen LogP contribution >= 0.6 is 27.3 Å². The molecule has 2 aromatic rings. The average Bonchev–Trinajstić information content (AvgIpc) is 2.68. The van der Waals surface area contributed by atoms with E-state index in [1.807, 2.05) is 6.92 Å². The summed E-state index contributed by atoms with van der Waals surface area (Å²) in [5.74, 6) is 0. The van der Waals surface area contributed by atoms with Gasteiger partial charge in [0.2, 0.25) is 0 Å². The highest BCUT2D eigenvalue weighted by Gasteiger charge is 2.20. The number of halogens is 1. The van der Waals surface area contributed by atoms with Crippen LogP contribution in [-0.2, 0) is 10.0 Å². The summed E-state index contributed by atoms with van der Waals surface area (Å²) >= 11 is 4.52. The second-order valence-corrected chi connectivity index (χ2v) is 7.80. The number of aryl methyl sites for hydroxylation is 1. The summed E-state index contributed by atoms with van der Waals surface area (Å²) < 4.78 is 27.7. The Morgan fingerprint density at radius 2 is 2.05 bits per heavy atom. The Labute approximate surface area is 124 Å². The van der Waals surface area contributed by atoms with Gasteiger partial charge in [-0.25, -0.2) is 13.4 Å². The number of rotatable bonds is 3. The molecule has 0 bridgehead atoms. The molecule has 0 aliphatic carbocycles. The zero-order valence-electron chi connectivity index (χ0n) is 10.3. The lowest BCUT2D eigenvalue weighted by molar-refractivity contribution is 0.600. The Morgan fingerprint density at radius 1 is 1.37 bits per heavy atom. The van der Waals surface area contributed by atoms with Crippen molar-refractivity contribution in [1.82, 2.24) is 4.98 Å². The van der Waals surface area contributed by atoms with Gasteiger partial charge in [-0.1, -0.05) is 15.9 Å². The highest BCUT2D eigenvalue weighted by Crippen LogP contribution is 2.28. The van der Waals surface area contributed by atoms with E-state index in [1.165, 1.54) is 17.4 Å². The van der Waals surface area contributed by atoms with E-state index in [1.54, 1.807) is 19.2 Å². The Bertz CT molecular complexity index is 726. The van der Waals surface area contributed by atoms with Crippen LogP contribution < -0.4 is 10.5 Å². The number of thiazole rings is 1. The van der Waals surface area contributed by atoms with Crippen molar-refractivity contribution in [1.29, 1.82) is 0 Å². The number of nitrogens with zero attached hydrogens (tertiary/aromatic N) is 1. The molecule has 1 aromatic carbocycles. The molecule has 19 heavy (non-hydrogen) atoms. The third-order valence-electron chi connectivity index (χ3n) is 2.50. The van der Waals surface area contributed by atoms with E-state index in [0.29, 0.717) is 20.9 Å². The molecule has 1 heterocycles.